The van der Waals surface area contributed by atoms with Crippen molar-refractivity contribution < 1.29 is 34.1 Å². The van der Waals surface area contributed by atoms with Crippen molar-refractivity contribution in [2.75, 3.05) is 27.4 Å². The van der Waals surface area contributed by atoms with E-state index in [1.165, 1.54) is 26.4 Å². The largest absolute Gasteiger partial charge is 0.493 e. The highest BCUT2D eigenvalue weighted by Crippen LogP contribution is 2.34. The van der Waals surface area contributed by atoms with Crippen molar-refractivity contribution in [2.45, 2.75) is 12.6 Å². The number of carbonyl (C=O) groups excluding carboxylic acids is 1. The number of nitro benzene ring substituents is 1. The highest BCUT2D eigenvalue weighted by atomic mass is 16.6. The van der Waals surface area contributed by atoms with Gasteiger partial charge in [0.25, 0.3) is 5.69 Å². The van der Waals surface area contributed by atoms with Crippen LogP contribution in [0.1, 0.15) is 5.56 Å². The normalized spacial score (nSPS) is 10.3. The third kappa shape index (κ3) is 4.97. The minimum atomic E-state index is -0.929. The molecular weight excluding hydrogens is 312 g/mol. The summed E-state index contributed by atoms with van der Waals surface area (Å²) in [5.41, 5.74) is -0.191. The van der Waals surface area contributed by atoms with Gasteiger partial charge in [0.2, 0.25) is 0 Å². The number of aliphatic hydroxyl groups is 2. The molecule has 1 rings (SSSR count). The van der Waals surface area contributed by atoms with Gasteiger partial charge >= 0.3 is 6.09 Å². The Bertz CT molecular complexity index is 559. The lowest BCUT2D eigenvalue weighted by Crippen LogP contribution is -2.40. The molecular formula is C13H18N2O8. The molecule has 0 radical (unpaired) electrons. The molecule has 23 heavy (non-hydrogen) atoms. The van der Waals surface area contributed by atoms with Gasteiger partial charge in [0, 0.05) is 0 Å². The number of carbonyl (C=O) groups is 1. The van der Waals surface area contributed by atoms with Gasteiger partial charge in [0.15, 0.2) is 11.5 Å². The Hall–Kier alpha value is -2.59. The van der Waals surface area contributed by atoms with Crippen LogP contribution in [0.2, 0.25) is 0 Å². The fourth-order valence-corrected chi connectivity index (χ4v) is 1.70. The average molecular weight is 330 g/mol. The maximum absolute atomic E-state index is 11.5. The van der Waals surface area contributed by atoms with Gasteiger partial charge < -0.3 is 29.7 Å². The van der Waals surface area contributed by atoms with Crippen molar-refractivity contribution >= 4 is 11.8 Å². The number of aliphatic hydroxyl groups excluding tert-OH is 2. The highest BCUT2D eigenvalue weighted by molar-refractivity contribution is 5.68. The second-order valence-corrected chi connectivity index (χ2v) is 4.38. The van der Waals surface area contributed by atoms with Gasteiger partial charge in [0.1, 0.15) is 6.61 Å². The first-order valence-electron chi connectivity index (χ1n) is 6.51. The van der Waals surface area contributed by atoms with E-state index in [-0.39, 0.29) is 22.7 Å². The Balaban J connectivity index is 2.90. The molecule has 0 saturated carbocycles. The lowest BCUT2D eigenvalue weighted by atomic mass is 10.1. The van der Waals surface area contributed by atoms with E-state index in [2.05, 4.69) is 5.32 Å². The lowest BCUT2D eigenvalue weighted by Gasteiger charge is -2.14. The molecule has 0 fully saturated rings. The molecule has 0 unspecified atom stereocenters. The molecule has 1 aromatic rings. The van der Waals surface area contributed by atoms with Crippen LogP contribution >= 0.6 is 0 Å². The summed E-state index contributed by atoms with van der Waals surface area (Å²) in [6.07, 6.45) is -0.929. The molecule has 0 atom stereocenters. The third-order valence-electron chi connectivity index (χ3n) is 2.90. The predicted molar refractivity (Wildman–Crippen MR) is 77.5 cm³/mol. The maximum atomic E-state index is 11.5. The van der Waals surface area contributed by atoms with Crippen LogP contribution in [0.25, 0.3) is 0 Å². The summed E-state index contributed by atoms with van der Waals surface area (Å²) in [5.74, 6) is 0.425. The molecule has 3 N–H and O–H groups in total. The zero-order valence-electron chi connectivity index (χ0n) is 12.6. The molecule has 128 valence electrons. The summed E-state index contributed by atoms with van der Waals surface area (Å²) < 4.78 is 14.9. The van der Waals surface area contributed by atoms with E-state index in [1.54, 1.807) is 0 Å². The molecule has 0 aliphatic carbocycles. The average Bonchev–Trinajstić information content (AvgIpc) is 2.56. The Morgan fingerprint density at radius 2 is 1.83 bits per heavy atom. The van der Waals surface area contributed by atoms with Crippen molar-refractivity contribution in [1.29, 1.82) is 0 Å². The topological polar surface area (TPSA) is 140 Å². The van der Waals surface area contributed by atoms with E-state index in [9.17, 15) is 14.9 Å². The van der Waals surface area contributed by atoms with Gasteiger partial charge in [-0.15, -0.1) is 0 Å². The van der Waals surface area contributed by atoms with Crippen LogP contribution in [-0.4, -0.2) is 54.7 Å². The third-order valence-corrected chi connectivity index (χ3v) is 2.90. The van der Waals surface area contributed by atoms with E-state index in [0.717, 1.165) is 0 Å². The van der Waals surface area contributed by atoms with Gasteiger partial charge in [-0.25, -0.2) is 4.79 Å². The van der Waals surface area contributed by atoms with Crippen LogP contribution in [0.5, 0.6) is 11.5 Å². The van der Waals surface area contributed by atoms with Gasteiger partial charge in [-0.05, 0) is 6.07 Å². The number of alkyl carbamates (subject to hydrolysis) is 1. The van der Waals surface area contributed by atoms with Crippen LogP contribution in [0.4, 0.5) is 10.5 Å². The molecule has 0 saturated heterocycles. The monoisotopic (exact) mass is 330 g/mol. The van der Waals surface area contributed by atoms with Gasteiger partial charge in [-0.3, -0.25) is 10.1 Å². The summed E-state index contributed by atoms with van der Waals surface area (Å²) in [6.45, 7) is -1.34. The number of nitro groups is 1. The molecule has 1 amide bonds. The number of nitrogens with zero attached hydrogens (tertiary/aromatic N) is 1. The molecule has 1 aromatic carbocycles. The zero-order valence-corrected chi connectivity index (χ0v) is 12.6. The number of benzene rings is 1. The van der Waals surface area contributed by atoms with Gasteiger partial charge in [0.05, 0.1) is 50.0 Å². The molecule has 0 aliphatic rings. The van der Waals surface area contributed by atoms with E-state index < -0.39 is 36.9 Å². The number of hydrogen-bond donors (Lipinski definition) is 3. The van der Waals surface area contributed by atoms with Gasteiger partial charge in [-0.1, -0.05) is 0 Å². The number of hydrogen-bond acceptors (Lipinski definition) is 8. The fourth-order valence-electron chi connectivity index (χ4n) is 1.70. The number of ether oxygens (including phenoxy) is 3. The van der Waals surface area contributed by atoms with E-state index in [0.29, 0.717) is 0 Å². The molecule has 0 bridgehead atoms. The Kier molecular flexibility index (Phi) is 7.03. The summed E-state index contributed by atoms with van der Waals surface area (Å²) in [5, 5.41) is 31.0. The summed E-state index contributed by atoms with van der Waals surface area (Å²) in [7, 11) is 2.71. The molecule has 10 nitrogen and oxygen atoms in total. The Morgan fingerprint density at radius 3 is 2.30 bits per heavy atom. The quantitative estimate of drug-likeness (QED) is 0.453. The summed E-state index contributed by atoms with van der Waals surface area (Å²) >= 11 is 0. The molecule has 0 heterocycles. The molecule has 0 spiro atoms. The van der Waals surface area contributed by atoms with E-state index >= 15 is 0 Å². The number of rotatable bonds is 8. The van der Waals surface area contributed by atoms with Crippen LogP contribution in [0.15, 0.2) is 12.1 Å². The first-order chi connectivity index (χ1) is 11.0. The fraction of sp³-hybridized carbons (Fsp3) is 0.462. The molecule has 0 aromatic heterocycles. The van der Waals surface area contributed by atoms with E-state index in [1.807, 2.05) is 0 Å². The van der Waals surface area contributed by atoms with Crippen molar-refractivity contribution in [3.05, 3.63) is 27.8 Å². The maximum Gasteiger partial charge on any atom is 0.407 e. The van der Waals surface area contributed by atoms with Gasteiger partial charge in [-0.2, -0.15) is 0 Å². The van der Waals surface area contributed by atoms with Crippen LogP contribution in [-0.2, 0) is 11.3 Å². The van der Waals surface area contributed by atoms with Crippen molar-refractivity contribution in [3.63, 3.8) is 0 Å². The molecule has 0 aliphatic heterocycles. The standard InChI is InChI=1S/C13H18N2O8/c1-21-11-3-8(10(15(19)20)4-12(11)22-2)7-23-13(18)14-9(5-16)6-17/h3-4,9,16-17H,5-7H2,1-2H3,(H,14,18). The zero-order chi connectivity index (χ0) is 17.4. The van der Waals surface area contributed by atoms with Crippen molar-refractivity contribution in [2.24, 2.45) is 0 Å². The van der Waals surface area contributed by atoms with Crippen molar-refractivity contribution in [3.8, 4) is 11.5 Å². The highest BCUT2D eigenvalue weighted by Gasteiger charge is 2.21. The number of nitrogens with one attached hydrogen (secondary N) is 1. The van der Waals surface area contributed by atoms with E-state index in [4.69, 9.17) is 24.4 Å². The number of amides is 1. The summed E-state index contributed by atoms with van der Waals surface area (Å²) in [6, 6.07) is 1.63. The first kappa shape index (κ1) is 18.5. The predicted octanol–water partition coefficient (Wildman–Crippen LogP) is 0.191. The smallest absolute Gasteiger partial charge is 0.407 e. The minimum Gasteiger partial charge on any atom is -0.493 e. The lowest BCUT2D eigenvalue weighted by molar-refractivity contribution is -0.385. The van der Waals surface area contributed by atoms with Crippen LogP contribution in [0.3, 0.4) is 0 Å². The van der Waals surface area contributed by atoms with Crippen LogP contribution in [0, 0.1) is 10.1 Å². The Labute approximate surface area is 131 Å². The second-order valence-electron chi connectivity index (χ2n) is 4.38. The minimum absolute atomic E-state index is 0.104. The number of methoxy groups -OCH3 is 2. The van der Waals surface area contributed by atoms with Crippen LogP contribution < -0.4 is 14.8 Å². The molecule has 10 heteroatoms. The SMILES string of the molecule is COc1cc(COC(=O)NC(CO)CO)c([N+](=O)[O-])cc1OC. The second kappa shape index (κ2) is 8.76. The Morgan fingerprint density at radius 1 is 1.26 bits per heavy atom. The first-order valence-corrected chi connectivity index (χ1v) is 6.51. The van der Waals surface area contributed by atoms with Crippen molar-refractivity contribution in [1.82, 2.24) is 5.32 Å². The summed E-state index contributed by atoms with van der Waals surface area (Å²) in [4.78, 5) is 22.0.